The van der Waals surface area contributed by atoms with E-state index in [2.05, 4.69) is 5.32 Å². The van der Waals surface area contributed by atoms with Crippen LogP contribution in [0.25, 0.3) is 0 Å². The summed E-state index contributed by atoms with van der Waals surface area (Å²) in [5, 5.41) is 2.46. The van der Waals surface area contributed by atoms with Gasteiger partial charge in [0.05, 0.1) is 11.5 Å². The molecule has 1 atom stereocenters. The first-order chi connectivity index (χ1) is 7.87. The monoisotopic (exact) mass is 265 g/mol. The van der Waals surface area contributed by atoms with E-state index in [1.807, 2.05) is 0 Å². The highest BCUT2D eigenvalue weighted by atomic mass is 32.2. The summed E-state index contributed by atoms with van der Waals surface area (Å²) in [4.78, 5) is 0. The van der Waals surface area contributed by atoms with Crippen molar-refractivity contribution in [2.45, 2.75) is 12.5 Å². The van der Waals surface area contributed by atoms with Gasteiger partial charge in [-0.2, -0.15) is 0 Å². The fraction of sp³-hybridized carbons (Fsp3) is 0.400. The fourth-order valence-corrected chi connectivity index (χ4v) is 3.47. The van der Waals surface area contributed by atoms with Crippen LogP contribution in [0.1, 0.15) is 6.42 Å². The quantitative estimate of drug-likeness (QED) is 0.885. The van der Waals surface area contributed by atoms with Gasteiger partial charge in [-0.1, -0.05) is 0 Å². The molecule has 3 nitrogen and oxygen atoms in total. The summed E-state index contributed by atoms with van der Waals surface area (Å²) in [5.74, 6) is -3.30. The third kappa shape index (κ3) is 2.71. The molecule has 1 N–H and O–H groups in total. The Labute approximate surface area is 96.6 Å². The van der Waals surface area contributed by atoms with Gasteiger partial charge in [0.25, 0.3) is 0 Å². The van der Waals surface area contributed by atoms with E-state index < -0.39 is 39.0 Å². The number of rotatable bonds is 2. The van der Waals surface area contributed by atoms with E-state index in [1.165, 1.54) is 0 Å². The van der Waals surface area contributed by atoms with Crippen molar-refractivity contribution in [2.24, 2.45) is 0 Å². The zero-order valence-electron chi connectivity index (χ0n) is 8.71. The maximum atomic E-state index is 13.3. The Bertz CT molecular complexity index is 521. The molecule has 0 amide bonds. The summed E-state index contributed by atoms with van der Waals surface area (Å²) in [6.07, 6.45) is 0.290. The number of anilines is 1. The van der Waals surface area contributed by atoms with Crippen LogP contribution < -0.4 is 5.32 Å². The highest BCUT2D eigenvalue weighted by Gasteiger charge is 2.29. The molecule has 2 rings (SSSR count). The predicted octanol–water partition coefficient (Wildman–Crippen LogP) is 1.70. The van der Waals surface area contributed by atoms with Crippen LogP contribution in [-0.4, -0.2) is 26.0 Å². The smallest absolute Gasteiger partial charge is 0.152 e. The molecule has 1 aliphatic heterocycles. The summed E-state index contributed by atoms with van der Waals surface area (Å²) in [5.41, 5.74) is -0.478. The second-order valence-electron chi connectivity index (χ2n) is 3.99. The zero-order valence-corrected chi connectivity index (χ0v) is 9.53. The molecule has 1 aromatic rings. The standard InChI is InChI=1S/C10H10F3NO2S/c11-6-3-8(12)10(9(13)4-6)14-7-1-2-17(15,16)5-7/h3-4,7,14H,1-2,5H2. The number of sulfone groups is 1. The van der Waals surface area contributed by atoms with E-state index in [-0.39, 0.29) is 11.5 Å². The number of hydrogen-bond donors (Lipinski definition) is 1. The van der Waals surface area contributed by atoms with Gasteiger partial charge in [0.15, 0.2) is 21.5 Å². The third-order valence-corrected chi connectivity index (χ3v) is 4.36. The van der Waals surface area contributed by atoms with Gasteiger partial charge in [0.2, 0.25) is 0 Å². The maximum absolute atomic E-state index is 13.3. The second kappa shape index (κ2) is 4.21. The average molecular weight is 265 g/mol. The van der Waals surface area contributed by atoms with Gasteiger partial charge in [-0.25, -0.2) is 21.6 Å². The van der Waals surface area contributed by atoms with Gasteiger partial charge < -0.3 is 5.32 Å². The lowest BCUT2D eigenvalue weighted by Gasteiger charge is -2.13. The zero-order chi connectivity index (χ0) is 12.6. The number of benzene rings is 1. The Hall–Kier alpha value is -1.24. The summed E-state index contributed by atoms with van der Waals surface area (Å²) < 4.78 is 61.5. The molecule has 0 aliphatic carbocycles. The third-order valence-electron chi connectivity index (χ3n) is 2.59. The van der Waals surface area contributed by atoms with Crippen molar-refractivity contribution in [3.8, 4) is 0 Å². The van der Waals surface area contributed by atoms with E-state index in [4.69, 9.17) is 0 Å². The van der Waals surface area contributed by atoms with Crippen molar-refractivity contribution in [2.75, 3.05) is 16.8 Å². The van der Waals surface area contributed by atoms with Crippen LogP contribution in [-0.2, 0) is 9.84 Å². The number of nitrogens with one attached hydrogen (secondary N) is 1. The lowest BCUT2D eigenvalue weighted by Crippen LogP contribution is -2.22. The van der Waals surface area contributed by atoms with Crippen molar-refractivity contribution in [1.82, 2.24) is 0 Å². The summed E-state index contributed by atoms with van der Waals surface area (Å²) in [7, 11) is -3.13. The lowest BCUT2D eigenvalue weighted by atomic mass is 10.2. The molecule has 1 unspecified atom stereocenters. The topological polar surface area (TPSA) is 46.2 Å². The highest BCUT2D eigenvalue weighted by molar-refractivity contribution is 7.91. The molecule has 0 bridgehead atoms. The van der Waals surface area contributed by atoms with E-state index >= 15 is 0 Å². The predicted molar refractivity (Wildman–Crippen MR) is 57.0 cm³/mol. The van der Waals surface area contributed by atoms with Gasteiger partial charge >= 0.3 is 0 Å². The van der Waals surface area contributed by atoms with Crippen molar-refractivity contribution >= 4 is 15.5 Å². The molecule has 0 saturated carbocycles. The van der Waals surface area contributed by atoms with E-state index in [1.54, 1.807) is 0 Å². The maximum Gasteiger partial charge on any atom is 0.152 e. The first-order valence-corrected chi connectivity index (χ1v) is 6.81. The van der Waals surface area contributed by atoms with Gasteiger partial charge in [-0.05, 0) is 6.42 Å². The molecule has 0 radical (unpaired) electrons. The minimum atomic E-state index is -3.13. The lowest BCUT2D eigenvalue weighted by molar-refractivity contribution is 0.544. The molecular formula is C10H10F3NO2S. The Morgan fingerprint density at radius 3 is 2.24 bits per heavy atom. The molecule has 0 aromatic heterocycles. The van der Waals surface area contributed by atoms with Gasteiger partial charge in [-0.15, -0.1) is 0 Å². The van der Waals surface area contributed by atoms with Gasteiger partial charge in [0, 0.05) is 18.2 Å². The Morgan fingerprint density at radius 1 is 1.18 bits per heavy atom. The molecule has 0 spiro atoms. The van der Waals surface area contributed by atoms with Crippen molar-refractivity contribution in [1.29, 1.82) is 0 Å². The van der Waals surface area contributed by atoms with Crippen LogP contribution in [0.5, 0.6) is 0 Å². The van der Waals surface area contributed by atoms with Crippen molar-refractivity contribution in [3.05, 3.63) is 29.6 Å². The van der Waals surface area contributed by atoms with Crippen LogP contribution in [0, 0.1) is 17.5 Å². The van der Waals surface area contributed by atoms with Gasteiger partial charge in [-0.3, -0.25) is 0 Å². The molecule has 1 aromatic carbocycles. The van der Waals surface area contributed by atoms with Crippen LogP contribution in [0.15, 0.2) is 12.1 Å². The number of hydrogen-bond acceptors (Lipinski definition) is 3. The average Bonchev–Trinajstić information content (AvgIpc) is 2.52. The molecule has 1 fully saturated rings. The van der Waals surface area contributed by atoms with Crippen LogP contribution in [0.3, 0.4) is 0 Å². The highest BCUT2D eigenvalue weighted by Crippen LogP contribution is 2.23. The van der Waals surface area contributed by atoms with Gasteiger partial charge in [0.1, 0.15) is 11.5 Å². The van der Waals surface area contributed by atoms with E-state index in [0.29, 0.717) is 18.6 Å². The minimum Gasteiger partial charge on any atom is -0.377 e. The molecule has 1 heterocycles. The largest absolute Gasteiger partial charge is 0.377 e. The minimum absolute atomic E-state index is 0.00486. The summed E-state index contributed by atoms with van der Waals surface area (Å²) in [6, 6.07) is 0.568. The molecule has 17 heavy (non-hydrogen) atoms. The summed E-state index contributed by atoms with van der Waals surface area (Å²) >= 11 is 0. The van der Waals surface area contributed by atoms with Crippen LogP contribution in [0.2, 0.25) is 0 Å². The Morgan fingerprint density at radius 2 is 1.76 bits per heavy atom. The fourth-order valence-electron chi connectivity index (χ4n) is 1.79. The van der Waals surface area contributed by atoms with Crippen LogP contribution in [0.4, 0.5) is 18.9 Å². The van der Waals surface area contributed by atoms with Crippen molar-refractivity contribution in [3.63, 3.8) is 0 Å². The molecule has 7 heteroatoms. The molecule has 94 valence electrons. The first kappa shape index (κ1) is 12.2. The van der Waals surface area contributed by atoms with Crippen molar-refractivity contribution < 1.29 is 21.6 Å². The van der Waals surface area contributed by atoms with E-state index in [0.717, 1.165) is 0 Å². The Kier molecular flexibility index (Phi) is 3.03. The summed E-state index contributed by atoms with van der Waals surface area (Å²) in [6.45, 7) is 0. The molecule has 1 saturated heterocycles. The van der Waals surface area contributed by atoms with Crippen LogP contribution >= 0.6 is 0 Å². The SMILES string of the molecule is O=S1(=O)CCC(Nc2c(F)cc(F)cc2F)C1. The second-order valence-corrected chi connectivity index (χ2v) is 6.22. The molecule has 1 aliphatic rings. The van der Waals surface area contributed by atoms with E-state index in [9.17, 15) is 21.6 Å². The number of halogens is 3. The Balaban J connectivity index is 2.20. The molecular weight excluding hydrogens is 255 g/mol. The normalized spacial score (nSPS) is 22.6. The first-order valence-electron chi connectivity index (χ1n) is 4.99.